The molecule has 5 atom stereocenters. The van der Waals surface area contributed by atoms with Crippen molar-refractivity contribution < 1.29 is 24.2 Å². The number of likely N-dealkylation sites (N-methyl/N-ethyl adjacent to an activating group) is 1. The fourth-order valence-corrected chi connectivity index (χ4v) is 7.04. The van der Waals surface area contributed by atoms with Crippen LogP contribution in [0.5, 0.6) is 0 Å². The number of benzene rings is 1. The lowest BCUT2D eigenvalue weighted by Gasteiger charge is -2.37. The van der Waals surface area contributed by atoms with Crippen LogP contribution in [0.3, 0.4) is 0 Å². The van der Waals surface area contributed by atoms with Gasteiger partial charge in [0, 0.05) is 39.0 Å². The lowest BCUT2D eigenvalue weighted by molar-refractivity contribution is -0.144. The number of unbranched alkanes of at least 4 members (excludes halogenated alkanes) is 3. The normalized spacial score (nSPS) is 27.0. The smallest absolute Gasteiger partial charge is 0.253 e. The second kappa shape index (κ2) is 12.0. The van der Waals surface area contributed by atoms with Crippen molar-refractivity contribution >= 4 is 23.4 Å². The Morgan fingerprint density at radius 1 is 1.10 bits per heavy atom. The summed E-state index contributed by atoms with van der Waals surface area (Å²) in [5.41, 5.74) is 1.73. The SMILES string of the molecule is C=CCN(C)C(=O)[C@@H]1[C@H]2C(=O)N(CCCCCCO)C(C(=O)N(CC=C)c3c(C)cccc3C)C23CC[C@H]1O3. The fraction of sp³-hybridized carbons (Fsp3) is 0.581. The Morgan fingerprint density at radius 2 is 1.77 bits per heavy atom. The van der Waals surface area contributed by atoms with Gasteiger partial charge in [0.15, 0.2) is 0 Å². The number of hydrogen-bond donors (Lipinski definition) is 1. The number of aryl methyl sites for hydroxylation is 2. The fourth-order valence-electron chi connectivity index (χ4n) is 7.04. The van der Waals surface area contributed by atoms with Gasteiger partial charge in [-0.05, 0) is 50.7 Å². The monoisotopic (exact) mass is 537 g/mol. The second-order valence-corrected chi connectivity index (χ2v) is 11.2. The Kier molecular flexibility index (Phi) is 8.96. The lowest BCUT2D eigenvalue weighted by Crippen LogP contribution is -2.57. The summed E-state index contributed by atoms with van der Waals surface area (Å²) in [7, 11) is 1.72. The van der Waals surface area contributed by atoms with Crippen LogP contribution in [0.1, 0.15) is 49.7 Å². The Labute approximate surface area is 232 Å². The van der Waals surface area contributed by atoms with E-state index in [1.165, 1.54) is 0 Å². The average molecular weight is 538 g/mol. The lowest BCUT2D eigenvalue weighted by atomic mass is 9.70. The summed E-state index contributed by atoms with van der Waals surface area (Å²) in [6, 6.07) is 5.11. The Balaban J connectivity index is 1.74. The highest BCUT2D eigenvalue weighted by Gasteiger charge is 2.74. The van der Waals surface area contributed by atoms with Crippen LogP contribution in [0, 0.1) is 25.7 Å². The largest absolute Gasteiger partial charge is 0.396 e. The molecule has 1 spiro atoms. The predicted octanol–water partition coefficient (Wildman–Crippen LogP) is 3.39. The number of para-hydroxylation sites is 1. The van der Waals surface area contributed by atoms with E-state index in [9.17, 15) is 14.4 Å². The molecule has 0 aliphatic carbocycles. The summed E-state index contributed by atoms with van der Waals surface area (Å²) in [5.74, 6) is -1.78. The summed E-state index contributed by atoms with van der Waals surface area (Å²) < 4.78 is 6.61. The summed E-state index contributed by atoms with van der Waals surface area (Å²) >= 11 is 0. The molecule has 0 aromatic heterocycles. The molecule has 8 nitrogen and oxygen atoms in total. The summed E-state index contributed by atoms with van der Waals surface area (Å²) in [6.45, 7) is 12.8. The first kappa shape index (κ1) is 29.0. The standard InChI is InChI=1S/C31H43N3O5/c1-6-17-32(5)28(36)24-23-15-16-31(39-23)25(24)29(37)34(19-10-8-9-11-20-35)27(31)30(38)33(18-7-2)26-21(3)13-12-14-22(26)4/h6-7,12-14,23-25,27,35H,1-2,8-11,15-20H2,3-5H3/t23-,24+,25+,27?,31?/m1/s1. The topological polar surface area (TPSA) is 90.4 Å². The number of carbonyl (C=O) groups excluding carboxylic acids is 3. The minimum absolute atomic E-state index is 0.131. The number of aliphatic hydroxyl groups is 1. The third kappa shape index (κ3) is 5.05. The van der Waals surface area contributed by atoms with Gasteiger partial charge in [0.25, 0.3) is 5.91 Å². The van der Waals surface area contributed by atoms with Crippen LogP contribution < -0.4 is 4.90 Å². The van der Waals surface area contributed by atoms with Crippen molar-refractivity contribution in [1.29, 1.82) is 0 Å². The van der Waals surface area contributed by atoms with E-state index in [1.54, 1.807) is 33.9 Å². The predicted molar refractivity (Wildman–Crippen MR) is 151 cm³/mol. The van der Waals surface area contributed by atoms with Gasteiger partial charge in [0.2, 0.25) is 11.8 Å². The molecule has 1 aromatic rings. The van der Waals surface area contributed by atoms with Gasteiger partial charge in [-0.2, -0.15) is 0 Å². The number of fused-ring (bicyclic) bond motifs is 1. The minimum Gasteiger partial charge on any atom is -0.396 e. The molecule has 3 fully saturated rings. The van der Waals surface area contributed by atoms with E-state index in [0.29, 0.717) is 45.3 Å². The molecule has 3 aliphatic rings. The number of likely N-dealkylation sites (tertiary alicyclic amines) is 1. The van der Waals surface area contributed by atoms with Crippen molar-refractivity contribution in [2.24, 2.45) is 11.8 Å². The molecule has 2 bridgehead atoms. The van der Waals surface area contributed by atoms with E-state index in [1.807, 2.05) is 32.0 Å². The van der Waals surface area contributed by atoms with Crippen molar-refractivity contribution in [3.63, 3.8) is 0 Å². The maximum atomic E-state index is 14.6. The molecule has 4 rings (SSSR count). The molecule has 212 valence electrons. The van der Waals surface area contributed by atoms with Crippen molar-refractivity contribution in [1.82, 2.24) is 9.80 Å². The second-order valence-electron chi connectivity index (χ2n) is 11.2. The van der Waals surface area contributed by atoms with Crippen molar-refractivity contribution in [2.45, 2.75) is 70.1 Å². The molecule has 3 saturated heterocycles. The van der Waals surface area contributed by atoms with E-state index in [-0.39, 0.29) is 30.4 Å². The van der Waals surface area contributed by atoms with Crippen LogP contribution in [-0.4, -0.2) is 83.7 Å². The van der Waals surface area contributed by atoms with Crippen LogP contribution in [0.25, 0.3) is 0 Å². The molecule has 0 saturated carbocycles. The quantitative estimate of drug-likeness (QED) is 0.308. The first-order valence-corrected chi connectivity index (χ1v) is 14.2. The molecule has 8 heteroatoms. The molecule has 0 radical (unpaired) electrons. The van der Waals surface area contributed by atoms with Crippen LogP contribution in [0.2, 0.25) is 0 Å². The maximum absolute atomic E-state index is 14.6. The zero-order valence-electron chi connectivity index (χ0n) is 23.6. The molecule has 2 unspecified atom stereocenters. The number of anilines is 1. The number of ether oxygens (including phenoxy) is 1. The summed E-state index contributed by atoms with van der Waals surface area (Å²) in [6.07, 6.45) is 7.30. The Hall–Kier alpha value is -2.97. The van der Waals surface area contributed by atoms with Gasteiger partial charge >= 0.3 is 0 Å². The third-order valence-corrected chi connectivity index (χ3v) is 8.69. The first-order chi connectivity index (χ1) is 18.7. The number of hydrogen-bond acceptors (Lipinski definition) is 5. The highest BCUT2D eigenvalue weighted by Crippen LogP contribution is 2.59. The number of carbonyl (C=O) groups is 3. The number of nitrogens with zero attached hydrogens (tertiary/aromatic N) is 3. The van der Waals surface area contributed by atoms with E-state index in [2.05, 4.69) is 13.2 Å². The molecular weight excluding hydrogens is 494 g/mol. The Morgan fingerprint density at radius 3 is 2.41 bits per heavy atom. The minimum atomic E-state index is -1.03. The molecular formula is C31H43N3O5. The van der Waals surface area contributed by atoms with Gasteiger partial charge in [-0.1, -0.05) is 43.2 Å². The van der Waals surface area contributed by atoms with Crippen molar-refractivity contribution in [3.8, 4) is 0 Å². The average Bonchev–Trinajstić information content (AvgIpc) is 3.55. The zero-order chi connectivity index (χ0) is 28.3. The van der Waals surface area contributed by atoms with E-state index < -0.39 is 23.5 Å². The molecule has 1 aromatic carbocycles. The van der Waals surface area contributed by atoms with E-state index in [4.69, 9.17) is 9.84 Å². The molecule has 39 heavy (non-hydrogen) atoms. The summed E-state index contributed by atoms with van der Waals surface area (Å²) in [5, 5.41) is 9.16. The van der Waals surface area contributed by atoms with Crippen LogP contribution in [0.15, 0.2) is 43.5 Å². The van der Waals surface area contributed by atoms with Gasteiger partial charge in [-0.25, -0.2) is 0 Å². The third-order valence-electron chi connectivity index (χ3n) is 8.69. The molecule has 1 N–H and O–H groups in total. The highest BCUT2D eigenvalue weighted by molar-refractivity contribution is 6.05. The molecule has 3 heterocycles. The highest BCUT2D eigenvalue weighted by atomic mass is 16.5. The number of amides is 3. The van der Waals surface area contributed by atoms with E-state index >= 15 is 0 Å². The van der Waals surface area contributed by atoms with E-state index in [0.717, 1.165) is 29.7 Å². The number of rotatable bonds is 13. The van der Waals surface area contributed by atoms with Crippen molar-refractivity contribution in [2.75, 3.05) is 38.2 Å². The van der Waals surface area contributed by atoms with Gasteiger partial charge in [-0.3, -0.25) is 14.4 Å². The van der Waals surface area contributed by atoms with Crippen LogP contribution in [-0.2, 0) is 19.1 Å². The zero-order valence-corrected chi connectivity index (χ0v) is 23.6. The van der Waals surface area contributed by atoms with Crippen LogP contribution >= 0.6 is 0 Å². The van der Waals surface area contributed by atoms with Gasteiger partial charge in [-0.15, -0.1) is 13.2 Å². The van der Waals surface area contributed by atoms with Crippen molar-refractivity contribution in [3.05, 3.63) is 54.6 Å². The number of aliphatic hydroxyl groups excluding tert-OH is 1. The molecule has 3 aliphatic heterocycles. The molecule has 3 amide bonds. The van der Waals surface area contributed by atoms with Gasteiger partial charge < -0.3 is 24.5 Å². The first-order valence-electron chi connectivity index (χ1n) is 14.2. The maximum Gasteiger partial charge on any atom is 0.253 e. The summed E-state index contributed by atoms with van der Waals surface area (Å²) in [4.78, 5) is 47.4. The van der Waals surface area contributed by atoms with Gasteiger partial charge in [0.05, 0.1) is 17.9 Å². The van der Waals surface area contributed by atoms with Crippen LogP contribution in [0.4, 0.5) is 5.69 Å². The van der Waals surface area contributed by atoms with Gasteiger partial charge in [0.1, 0.15) is 11.6 Å². The Bertz CT molecular complexity index is 1100.